The summed E-state index contributed by atoms with van der Waals surface area (Å²) in [4.78, 5) is 11.9. The molecule has 0 aromatic carbocycles. The number of rotatable bonds is 2. The zero-order chi connectivity index (χ0) is 10.9. The van der Waals surface area contributed by atoms with Crippen LogP contribution in [0.25, 0.3) is 0 Å². The van der Waals surface area contributed by atoms with Gasteiger partial charge in [-0.25, -0.2) is 0 Å². The van der Waals surface area contributed by atoms with Crippen LogP contribution in [-0.2, 0) is 4.79 Å². The maximum absolute atomic E-state index is 11.9. The van der Waals surface area contributed by atoms with E-state index in [0.717, 1.165) is 32.1 Å². The number of allylic oxidation sites excluding steroid dienone is 1. The third-order valence-corrected chi connectivity index (χ3v) is 4.18. The number of hydrogen-bond donors (Lipinski definition) is 0. The SMILES string of the molecule is C=CC[C@@]12CCC[C@@H](C#N)[C@@H]1C(=O)CC2. The molecule has 2 fully saturated rings. The number of carbonyl (C=O) groups is 1. The summed E-state index contributed by atoms with van der Waals surface area (Å²) in [7, 11) is 0. The van der Waals surface area contributed by atoms with Crippen molar-refractivity contribution in [2.75, 3.05) is 0 Å². The molecule has 0 unspecified atom stereocenters. The first-order valence-corrected chi connectivity index (χ1v) is 5.77. The molecule has 0 heterocycles. The van der Waals surface area contributed by atoms with Crippen molar-refractivity contribution in [3.63, 3.8) is 0 Å². The second-order valence-corrected chi connectivity index (χ2v) is 4.93. The molecule has 2 aliphatic carbocycles. The molecule has 2 heteroatoms. The summed E-state index contributed by atoms with van der Waals surface area (Å²) in [5.74, 6) is 0.297. The van der Waals surface area contributed by atoms with E-state index in [1.165, 1.54) is 0 Å². The lowest BCUT2D eigenvalue weighted by Crippen LogP contribution is -2.37. The summed E-state index contributed by atoms with van der Waals surface area (Å²) in [6.45, 7) is 3.79. The third kappa shape index (κ3) is 1.51. The van der Waals surface area contributed by atoms with Gasteiger partial charge in [-0.1, -0.05) is 12.5 Å². The van der Waals surface area contributed by atoms with Crippen molar-refractivity contribution in [2.24, 2.45) is 17.3 Å². The molecule has 0 amide bonds. The van der Waals surface area contributed by atoms with Gasteiger partial charge in [0.15, 0.2) is 0 Å². The monoisotopic (exact) mass is 203 g/mol. The van der Waals surface area contributed by atoms with Gasteiger partial charge in [-0.3, -0.25) is 4.79 Å². The summed E-state index contributed by atoms with van der Waals surface area (Å²) in [5, 5.41) is 9.11. The Kier molecular flexibility index (Phi) is 2.65. The predicted octanol–water partition coefficient (Wildman–Crippen LogP) is 2.85. The van der Waals surface area contributed by atoms with Crippen LogP contribution >= 0.6 is 0 Å². The first kappa shape index (κ1) is 10.4. The van der Waals surface area contributed by atoms with Gasteiger partial charge in [0.05, 0.1) is 12.0 Å². The molecule has 80 valence electrons. The van der Waals surface area contributed by atoms with Gasteiger partial charge in [0.25, 0.3) is 0 Å². The molecule has 0 N–H and O–H groups in total. The van der Waals surface area contributed by atoms with E-state index in [9.17, 15) is 4.79 Å². The van der Waals surface area contributed by atoms with Gasteiger partial charge in [-0.2, -0.15) is 5.26 Å². The number of ketones is 1. The molecule has 2 nitrogen and oxygen atoms in total. The highest BCUT2D eigenvalue weighted by Crippen LogP contribution is 2.54. The van der Waals surface area contributed by atoms with Gasteiger partial charge in [0.1, 0.15) is 5.78 Å². The number of nitriles is 1. The van der Waals surface area contributed by atoms with Gasteiger partial charge in [-0.05, 0) is 31.1 Å². The molecule has 0 aromatic rings. The second kappa shape index (κ2) is 3.81. The maximum atomic E-state index is 11.9. The highest BCUT2D eigenvalue weighted by atomic mass is 16.1. The molecule has 2 saturated carbocycles. The Bertz CT molecular complexity index is 328. The van der Waals surface area contributed by atoms with Crippen molar-refractivity contribution in [2.45, 2.75) is 38.5 Å². The zero-order valence-electron chi connectivity index (χ0n) is 9.04. The summed E-state index contributed by atoms with van der Waals surface area (Å²) < 4.78 is 0. The highest BCUT2D eigenvalue weighted by Gasteiger charge is 2.52. The van der Waals surface area contributed by atoms with Gasteiger partial charge < -0.3 is 0 Å². The van der Waals surface area contributed by atoms with E-state index in [0.29, 0.717) is 12.2 Å². The minimum absolute atomic E-state index is 0.00856. The van der Waals surface area contributed by atoms with Gasteiger partial charge in [-0.15, -0.1) is 6.58 Å². The van der Waals surface area contributed by atoms with E-state index >= 15 is 0 Å². The third-order valence-electron chi connectivity index (χ3n) is 4.18. The molecule has 0 spiro atoms. The summed E-state index contributed by atoms with van der Waals surface area (Å²) >= 11 is 0. The molecule has 0 saturated heterocycles. The quantitative estimate of drug-likeness (QED) is 0.647. The van der Waals surface area contributed by atoms with Crippen LogP contribution in [0.4, 0.5) is 0 Å². The lowest BCUT2D eigenvalue weighted by atomic mass is 9.62. The number of Topliss-reactive ketones (excluding diaryl/α,β-unsaturated/α-hetero) is 1. The van der Waals surface area contributed by atoms with Gasteiger partial charge >= 0.3 is 0 Å². The van der Waals surface area contributed by atoms with Gasteiger partial charge in [0, 0.05) is 12.3 Å². The summed E-state index contributed by atoms with van der Waals surface area (Å²) in [6, 6.07) is 2.33. The first-order chi connectivity index (χ1) is 7.23. The number of fused-ring (bicyclic) bond motifs is 1. The average molecular weight is 203 g/mol. The van der Waals surface area contributed by atoms with Crippen LogP contribution in [0, 0.1) is 28.6 Å². The molecule has 0 aliphatic heterocycles. The van der Waals surface area contributed by atoms with E-state index in [4.69, 9.17) is 5.26 Å². The number of carbonyl (C=O) groups excluding carboxylic acids is 1. The fourth-order valence-electron chi connectivity index (χ4n) is 3.55. The van der Waals surface area contributed by atoms with Crippen molar-refractivity contribution in [3.05, 3.63) is 12.7 Å². The van der Waals surface area contributed by atoms with Crippen LogP contribution in [0.5, 0.6) is 0 Å². The molecular weight excluding hydrogens is 186 g/mol. The molecule has 0 radical (unpaired) electrons. The Morgan fingerprint density at radius 2 is 2.40 bits per heavy atom. The number of nitrogens with zero attached hydrogens (tertiary/aromatic N) is 1. The molecule has 0 bridgehead atoms. The molecule has 0 aromatic heterocycles. The Morgan fingerprint density at radius 3 is 3.07 bits per heavy atom. The van der Waals surface area contributed by atoms with Crippen LogP contribution in [0.3, 0.4) is 0 Å². The fourth-order valence-corrected chi connectivity index (χ4v) is 3.55. The average Bonchev–Trinajstić information content (AvgIpc) is 2.57. The summed E-state index contributed by atoms with van der Waals surface area (Å²) in [6.07, 6.45) is 7.58. The van der Waals surface area contributed by atoms with Crippen LogP contribution in [0.1, 0.15) is 38.5 Å². The lowest BCUT2D eigenvalue weighted by molar-refractivity contribution is -0.124. The largest absolute Gasteiger partial charge is 0.299 e. The minimum atomic E-state index is -0.0336. The van der Waals surface area contributed by atoms with E-state index in [1.807, 2.05) is 6.08 Å². The second-order valence-electron chi connectivity index (χ2n) is 4.93. The van der Waals surface area contributed by atoms with Crippen LogP contribution < -0.4 is 0 Å². The molecular formula is C13H17NO. The predicted molar refractivity (Wildman–Crippen MR) is 57.9 cm³/mol. The van der Waals surface area contributed by atoms with Crippen molar-refractivity contribution in [3.8, 4) is 6.07 Å². The van der Waals surface area contributed by atoms with Crippen LogP contribution in [-0.4, -0.2) is 5.78 Å². The minimum Gasteiger partial charge on any atom is -0.299 e. The maximum Gasteiger partial charge on any atom is 0.137 e. The Hall–Kier alpha value is -1.10. The standard InChI is InChI=1S/C13H17NO/c1-2-6-13-7-3-4-10(9-14)12(13)11(15)5-8-13/h2,10,12H,1,3-8H2/t10-,12+,13-/m0/s1. The van der Waals surface area contributed by atoms with Crippen molar-refractivity contribution < 1.29 is 4.79 Å². The fraction of sp³-hybridized carbons (Fsp3) is 0.692. The molecule has 3 atom stereocenters. The van der Waals surface area contributed by atoms with E-state index in [1.54, 1.807) is 0 Å². The van der Waals surface area contributed by atoms with E-state index in [-0.39, 0.29) is 17.3 Å². The molecule has 2 aliphatic rings. The molecule has 15 heavy (non-hydrogen) atoms. The van der Waals surface area contributed by atoms with Crippen molar-refractivity contribution in [1.29, 1.82) is 5.26 Å². The van der Waals surface area contributed by atoms with Crippen LogP contribution in [0.15, 0.2) is 12.7 Å². The van der Waals surface area contributed by atoms with E-state index < -0.39 is 0 Å². The van der Waals surface area contributed by atoms with Gasteiger partial charge in [0.2, 0.25) is 0 Å². The van der Waals surface area contributed by atoms with Crippen molar-refractivity contribution >= 4 is 5.78 Å². The Labute approximate surface area is 91.0 Å². The van der Waals surface area contributed by atoms with E-state index in [2.05, 4.69) is 12.6 Å². The topological polar surface area (TPSA) is 40.9 Å². The zero-order valence-corrected chi connectivity index (χ0v) is 9.04. The Balaban J connectivity index is 2.31. The van der Waals surface area contributed by atoms with Crippen LogP contribution in [0.2, 0.25) is 0 Å². The lowest BCUT2D eigenvalue weighted by Gasteiger charge is -2.40. The van der Waals surface area contributed by atoms with Crippen molar-refractivity contribution in [1.82, 2.24) is 0 Å². The molecule has 2 rings (SSSR count). The highest BCUT2D eigenvalue weighted by molar-refractivity contribution is 5.85. The first-order valence-electron chi connectivity index (χ1n) is 5.77. The Morgan fingerprint density at radius 1 is 1.60 bits per heavy atom. The number of hydrogen-bond acceptors (Lipinski definition) is 2. The smallest absolute Gasteiger partial charge is 0.137 e. The summed E-state index contributed by atoms with van der Waals surface area (Å²) in [5.41, 5.74) is 0.0947. The normalized spacial score (nSPS) is 39.5.